The van der Waals surface area contributed by atoms with Gasteiger partial charge in [-0.25, -0.2) is 4.99 Å². The number of nitrogens with zero attached hydrogens (tertiary/aromatic N) is 2. The van der Waals surface area contributed by atoms with Crippen molar-refractivity contribution < 1.29 is 0 Å². The van der Waals surface area contributed by atoms with E-state index < -0.39 is 0 Å². The first-order chi connectivity index (χ1) is 21.8. The first-order valence-electron chi connectivity index (χ1n) is 14.9. The van der Waals surface area contributed by atoms with Crippen molar-refractivity contribution in [2.24, 2.45) is 4.99 Å². The summed E-state index contributed by atoms with van der Waals surface area (Å²) in [5.74, 6) is 0.832. The summed E-state index contributed by atoms with van der Waals surface area (Å²) in [6.07, 6.45) is 4.21. The lowest BCUT2D eigenvalue weighted by atomic mass is 9.99. The largest absolute Gasteiger partial charge is 0.332 e. The van der Waals surface area contributed by atoms with Crippen molar-refractivity contribution in [2.45, 2.75) is 6.04 Å². The van der Waals surface area contributed by atoms with E-state index in [0.29, 0.717) is 0 Å². The fourth-order valence-corrected chi connectivity index (χ4v) is 7.84. The highest BCUT2D eigenvalue weighted by Crippen LogP contribution is 2.40. The average Bonchev–Trinajstić information content (AvgIpc) is 3.64. The summed E-state index contributed by atoms with van der Waals surface area (Å²) in [7, 11) is 0. The van der Waals surface area contributed by atoms with E-state index in [2.05, 4.69) is 155 Å². The molecule has 3 heterocycles. The topological polar surface area (TPSA) is 29.3 Å². The van der Waals surface area contributed by atoms with Crippen molar-refractivity contribution in [2.75, 3.05) is 0 Å². The molecule has 0 bridgehead atoms. The van der Waals surface area contributed by atoms with Crippen LogP contribution >= 0.6 is 11.3 Å². The molecule has 1 N–H and O–H groups in total. The van der Waals surface area contributed by atoms with Crippen LogP contribution < -0.4 is 5.32 Å². The lowest BCUT2D eigenvalue weighted by Gasteiger charge is -2.20. The van der Waals surface area contributed by atoms with Gasteiger partial charge in [0.1, 0.15) is 0 Å². The Morgan fingerprint density at radius 1 is 0.545 bits per heavy atom. The maximum atomic E-state index is 5.35. The molecule has 44 heavy (non-hydrogen) atoms. The van der Waals surface area contributed by atoms with E-state index in [1.807, 2.05) is 17.5 Å². The summed E-state index contributed by atoms with van der Waals surface area (Å²) >= 11 is 1.85. The molecule has 1 atom stereocenters. The van der Waals surface area contributed by atoms with Gasteiger partial charge in [0.25, 0.3) is 0 Å². The SMILES string of the molecule is C1=CC(c2cccc3c2sc2ccccc23)N=C(n2c3ccccc3c3ccc(-c4ccc(-c5ccccc5)cc4)cc32)N1. The normalized spacial score (nSPS) is 14.8. The predicted molar refractivity (Wildman–Crippen MR) is 187 cm³/mol. The van der Waals surface area contributed by atoms with E-state index in [9.17, 15) is 0 Å². The van der Waals surface area contributed by atoms with Crippen molar-refractivity contribution in [1.29, 1.82) is 0 Å². The third kappa shape index (κ3) is 3.99. The van der Waals surface area contributed by atoms with E-state index in [4.69, 9.17) is 4.99 Å². The Morgan fingerprint density at radius 2 is 1.20 bits per heavy atom. The van der Waals surface area contributed by atoms with Crippen molar-refractivity contribution >= 4 is 59.3 Å². The number of fused-ring (bicyclic) bond motifs is 6. The van der Waals surface area contributed by atoms with Gasteiger partial charge < -0.3 is 5.32 Å². The van der Waals surface area contributed by atoms with Crippen molar-refractivity contribution in [3.8, 4) is 22.3 Å². The Morgan fingerprint density at radius 3 is 2.07 bits per heavy atom. The summed E-state index contributed by atoms with van der Waals surface area (Å²) in [5.41, 5.74) is 8.33. The van der Waals surface area contributed by atoms with E-state index in [1.165, 1.54) is 58.8 Å². The molecule has 9 rings (SSSR count). The van der Waals surface area contributed by atoms with E-state index in [-0.39, 0.29) is 6.04 Å². The molecular formula is C40H27N3S. The number of aromatic nitrogens is 1. The van der Waals surface area contributed by atoms with Crippen LogP contribution in [0.25, 0.3) is 64.2 Å². The molecule has 1 unspecified atom stereocenters. The number of thiophene rings is 1. The second-order valence-electron chi connectivity index (χ2n) is 11.3. The highest BCUT2D eigenvalue weighted by atomic mass is 32.1. The third-order valence-corrected chi connectivity index (χ3v) is 9.95. The van der Waals surface area contributed by atoms with Crippen LogP contribution in [0.15, 0.2) is 157 Å². The van der Waals surface area contributed by atoms with Gasteiger partial charge in [-0.3, -0.25) is 4.57 Å². The molecule has 4 heteroatoms. The standard InChI is InChI=1S/C40H27N3S/c1-2-9-26(10-3-1)27-17-19-28(20-18-27)29-21-22-31-30-11-4-6-15-36(30)43(37(31)25-29)40-41-24-23-35(42-40)34-14-8-13-33-32-12-5-7-16-38(32)44-39(33)34/h1-25,35H,(H,41,42). The van der Waals surface area contributed by atoms with Crippen LogP contribution in [-0.4, -0.2) is 10.5 Å². The Labute approximate surface area is 259 Å². The fraction of sp³-hybridized carbons (Fsp3) is 0.0250. The lowest BCUT2D eigenvalue weighted by Crippen LogP contribution is -2.29. The molecular weight excluding hydrogens is 555 g/mol. The molecule has 3 nitrogen and oxygen atoms in total. The van der Waals surface area contributed by atoms with Crippen LogP contribution in [0.3, 0.4) is 0 Å². The molecule has 2 aromatic heterocycles. The number of para-hydroxylation sites is 1. The third-order valence-electron chi connectivity index (χ3n) is 8.72. The highest BCUT2D eigenvalue weighted by molar-refractivity contribution is 7.26. The van der Waals surface area contributed by atoms with Gasteiger partial charge in [0.15, 0.2) is 0 Å². The second kappa shape index (κ2) is 10.1. The van der Waals surface area contributed by atoms with Gasteiger partial charge in [0.2, 0.25) is 5.96 Å². The Kier molecular flexibility index (Phi) is 5.75. The maximum absolute atomic E-state index is 5.35. The molecule has 0 radical (unpaired) electrons. The minimum absolute atomic E-state index is 0.0899. The van der Waals surface area contributed by atoms with Crippen molar-refractivity contribution in [3.63, 3.8) is 0 Å². The molecule has 0 saturated carbocycles. The van der Waals surface area contributed by atoms with Gasteiger partial charge in [-0.2, -0.15) is 0 Å². The smallest absolute Gasteiger partial charge is 0.208 e. The second-order valence-corrected chi connectivity index (χ2v) is 12.3. The van der Waals surface area contributed by atoms with Gasteiger partial charge in [0, 0.05) is 37.1 Å². The summed E-state index contributed by atoms with van der Waals surface area (Å²) < 4.78 is 4.90. The highest BCUT2D eigenvalue weighted by Gasteiger charge is 2.21. The van der Waals surface area contributed by atoms with Crippen molar-refractivity contribution in [1.82, 2.24) is 9.88 Å². The summed E-state index contributed by atoms with van der Waals surface area (Å²) in [6.45, 7) is 0. The molecule has 0 spiro atoms. The maximum Gasteiger partial charge on any atom is 0.208 e. The molecule has 8 aromatic rings. The minimum atomic E-state index is -0.0899. The Balaban J connectivity index is 1.18. The van der Waals surface area contributed by atoms with Gasteiger partial charge in [-0.1, -0.05) is 121 Å². The zero-order chi connectivity index (χ0) is 29.0. The molecule has 208 valence electrons. The van der Waals surface area contributed by atoms with Crippen LogP contribution in [-0.2, 0) is 0 Å². The van der Waals surface area contributed by atoms with Gasteiger partial charge in [0.05, 0.1) is 17.1 Å². The van der Waals surface area contributed by atoms with E-state index in [1.54, 1.807) is 0 Å². The van der Waals surface area contributed by atoms with Gasteiger partial charge in [-0.05, 0) is 52.1 Å². The summed E-state index contributed by atoms with van der Waals surface area (Å²) in [6, 6.07) is 50.0. The summed E-state index contributed by atoms with van der Waals surface area (Å²) in [5, 5.41) is 8.54. The average molecular weight is 582 g/mol. The van der Waals surface area contributed by atoms with E-state index in [0.717, 1.165) is 17.0 Å². The van der Waals surface area contributed by atoms with Crippen LogP contribution in [0, 0.1) is 0 Å². The zero-order valence-electron chi connectivity index (χ0n) is 23.8. The molecule has 0 amide bonds. The first kappa shape index (κ1) is 25.1. The molecule has 1 aliphatic heterocycles. The van der Waals surface area contributed by atoms with Crippen LogP contribution in [0.5, 0.6) is 0 Å². The minimum Gasteiger partial charge on any atom is -0.332 e. The number of benzene rings is 6. The number of aliphatic imine (C=N–C) groups is 1. The number of hydrogen-bond acceptors (Lipinski definition) is 3. The number of hydrogen-bond donors (Lipinski definition) is 1. The van der Waals surface area contributed by atoms with Crippen LogP contribution in [0.2, 0.25) is 0 Å². The van der Waals surface area contributed by atoms with Crippen molar-refractivity contribution in [3.05, 3.63) is 157 Å². The number of rotatable bonds is 3. The Bertz CT molecular complexity index is 2410. The fourth-order valence-electron chi connectivity index (χ4n) is 6.59. The lowest BCUT2D eigenvalue weighted by molar-refractivity contribution is 0.859. The molecule has 1 aliphatic rings. The summed E-state index contributed by atoms with van der Waals surface area (Å²) in [4.78, 5) is 5.35. The predicted octanol–water partition coefficient (Wildman–Crippen LogP) is 10.6. The Hall–Kier alpha value is -5.45. The van der Waals surface area contributed by atoms with Crippen LogP contribution in [0.4, 0.5) is 0 Å². The first-order valence-corrected chi connectivity index (χ1v) is 15.7. The molecule has 6 aromatic carbocycles. The van der Waals surface area contributed by atoms with Crippen LogP contribution in [0.1, 0.15) is 11.6 Å². The molecule has 0 aliphatic carbocycles. The monoisotopic (exact) mass is 581 g/mol. The molecule has 0 saturated heterocycles. The zero-order valence-corrected chi connectivity index (χ0v) is 24.6. The quantitative estimate of drug-likeness (QED) is 0.221. The van der Waals surface area contributed by atoms with E-state index >= 15 is 0 Å². The number of nitrogens with one attached hydrogen (secondary N) is 1. The molecule has 0 fully saturated rings. The van der Waals surface area contributed by atoms with Gasteiger partial charge >= 0.3 is 0 Å². The van der Waals surface area contributed by atoms with Gasteiger partial charge in [-0.15, -0.1) is 11.3 Å².